The standard InChI is InChI=1S/C17H22ClN3/c1-4-19-17-15(6-5-11-20-17)12-21(3)13(2)14-7-9-16(18)10-8-14/h5-11,13H,4,12H2,1-3H3,(H,19,20). The molecule has 112 valence electrons. The monoisotopic (exact) mass is 303 g/mol. The summed E-state index contributed by atoms with van der Waals surface area (Å²) in [4.78, 5) is 6.72. The van der Waals surface area contributed by atoms with E-state index in [-0.39, 0.29) is 0 Å². The molecule has 0 aliphatic rings. The third kappa shape index (κ3) is 4.19. The van der Waals surface area contributed by atoms with E-state index in [1.54, 1.807) is 0 Å². The molecule has 21 heavy (non-hydrogen) atoms. The van der Waals surface area contributed by atoms with Gasteiger partial charge in [-0.05, 0) is 44.7 Å². The van der Waals surface area contributed by atoms with E-state index in [4.69, 9.17) is 11.6 Å². The summed E-state index contributed by atoms with van der Waals surface area (Å²) in [5.41, 5.74) is 2.47. The topological polar surface area (TPSA) is 28.2 Å². The van der Waals surface area contributed by atoms with Crippen molar-refractivity contribution < 1.29 is 0 Å². The van der Waals surface area contributed by atoms with E-state index in [9.17, 15) is 0 Å². The van der Waals surface area contributed by atoms with Crippen LogP contribution < -0.4 is 5.32 Å². The Hall–Kier alpha value is -1.58. The second-order valence-electron chi connectivity index (χ2n) is 5.18. The van der Waals surface area contributed by atoms with Crippen molar-refractivity contribution in [1.29, 1.82) is 0 Å². The summed E-state index contributed by atoms with van der Waals surface area (Å²) in [6.45, 7) is 6.01. The zero-order chi connectivity index (χ0) is 15.2. The Bertz CT molecular complexity index is 569. The van der Waals surface area contributed by atoms with Gasteiger partial charge in [0.1, 0.15) is 5.82 Å². The number of pyridine rings is 1. The first kappa shape index (κ1) is 15.8. The van der Waals surface area contributed by atoms with Crippen LogP contribution in [0, 0.1) is 0 Å². The van der Waals surface area contributed by atoms with Crippen molar-refractivity contribution in [2.45, 2.75) is 26.4 Å². The van der Waals surface area contributed by atoms with Crippen LogP contribution in [0.4, 0.5) is 5.82 Å². The van der Waals surface area contributed by atoms with Gasteiger partial charge in [0.2, 0.25) is 0 Å². The summed E-state index contributed by atoms with van der Waals surface area (Å²) in [5, 5.41) is 4.09. The Labute approximate surface area is 132 Å². The predicted molar refractivity (Wildman–Crippen MR) is 89.7 cm³/mol. The molecule has 1 unspecified atom stereocenters. The maximum Gasteiger partial charge on any atom is 0.130 e. The van der Waals surface area contributed by atoms with Crippen molar-refractivity contribution in [2.75, 3.05) is 18.9 Å². The van der Waals surface area contributed by atoms with E-state index in [1.165, 1.54) is 11.1 Å². The molecule has 2 aromatic rings. The van der Waals surface area contributed by atoms with E-state index in [0.717, 1.165) is 23.9 Å². The molecule has 3 nitrogen and oxygen atoms in total. The lowest BCUT2D eigenvalue weighted by molar-refractivity contribution is 0.253. The van der Waals surface area contributed by atoms with Crippen LogP contribution in [0.25, 0.3) is 0 Å². The van der Waals surface area contributed by atoms with Crippen LogP contribution in [0.1, 0.15) is 31.0 Å². The zero-order valence-corrected chi connectivity index (χ0v) is 13.6. The van der Waals surface area contributed by atoms with Gasteiger partial charge in [-0.15, -0.1) is 0 Å². The molecule has 0 radical (unpaired) electrons. The van der Waals surface area contributed by atoms with E-state index < -0.39 is 0 Å². The van der Waals surface area contributed by atoms with Crippen molar-refractivity contribution in [1.82, 2.24) is 9.88 Å². The molecule has 0 aliphatic carbocycles. The summed E-state index contributed by atoms with van der Waals surface area (Å²) in [7, 11) is 2.13. The van der Waals surface area contributed by atoms with Crippen LogP contribution in [0.2, 0.25) is 5.02 Å². The van der Waals surface area contributed by atoms with Crippen molar-refractivity contribution in [3.05, 3.63) is 58.7 Å². The quantitative estimate of drug-likeness (QED) is 0.859. The Kier molecular flexibility index (Phi) is 5.59. The Balaban J connectivity index is 2.10. The first-order chi connectivity index (χ1) is 10.1. The molecule has 1 aromatic heterocycles. The lowest BCUT2D eigenvalue weighted by atomic mass is 10.1. The maximum atomic E-state index is 5.95. The normalized spacial score (nSPS) is 12.4. The average molecular weight is 304 g/mol. The summed E-state index contributed by atoms with van der Waals surface area (Å²) in [5.74, 6) is 0.968. The van der Waals surface area contributed by atoms with E-state index in [2.05, 4.69) is 54.3 Å². The van der Waals surface area contributed by atoms with Crippen LogP contribution in [-0.2, 0) is 6.54 Å². The van der Waals surface area contributed by atoms with Crippen LogP contribution in [-0.4, -0.2) is 23.5 Å². The van der Waals surface area contributed by atoms with Gasteiger partial charge < -0.3 is 5.32 Å². The van der Waals surface area contributed by atoms with Gasteiger partial charge in [0.05, 0.1) is 0 Å². The Morgan fingerprint density at radius 1 is 1.24 bits per heavy atom. The molecule has 1 heterocycles. The third-order valence-corrected chi connectivity index (χ3v) is 3.92. The minimum absolute atomic E-state index is 0.317. The predicted octanol–water partition coefficient (Wildman–Crippen LogP) is 4.36. The number of aromatic nitrogens is 1. The van der Waals surface area contributed by atoms with Gasteiger partial charge in [-0.1, -0.05) is 29.8 Å². The molecule has 4 heteroatoms. The van der Waals surface area contributed by atoms with E-state index >= 15 is 0 Å². The van der Waals surface area contributed by atoms with Crippen LogP contribution >= 0.6 is 11.6 Å². The molecule has 0 amide bonds. The zero-order valence-electron chi connectivity index (χ0n) is 12.8. The van der Waals surface area contributed by atoms with Crippen LogP contribution in [0.3, 0.4) is 0 Å². The van der Waals surface area contributed by atoms with Crippen LogP contribution in [0.5, 0.6) is 0 Å². The maximum absolute atomic E-state index is 5.95. The van der Waals surface area contributed by atoms with Crippen molar-refractivity contribution in [3.8, 4) is 0 Å². The second kappa shape index (κ2) is 7.43. The van der Waals surface area contributed by atoms with Crippen LogP contribution in [0.15, 0.2) is 42.6 Å². The summed E-state index contributed by atoms with van der Waals surface area (Å²) in [6.07, 6.45) is 1.82. The first-order valence-electron chi connectivity index (χ1n) is 7.25. The minimum Gasteiger partial charge on any atom is -0.370 e. The fourth-order valence-electron chi connectivity index (χ4n) is 2.29. The van der Waals surface area contributed by atoms with Crippen molar-refractivity contribution in [3.63, 3.8) is 0 Å². The van der Waals surface area contributed by atoms with Gasteiger partial charge in [-0.25, -0.2) is 4.98 Å². The fourth-order valence-corrected chi connectivity index (χ4v) is 2.42. The number of halogens is 1. The third-order valence-electron chi connectivity index (χ3n) is 3.67. The van der Waals surface area contributed by atoms with Gasteiger partial charge in [0.25, 0.3) is 0 Å². The first-order valence-corrected chi connectivity index (χ1v) is 7.63. The lowest BCUT2D eigenvalue weighted by Crippen LogP contribution is -2.22. The molecule has 0 spiro atoms. The number of anilines is 1. The number of hydrogen-bond acceptors (Lipinski definition) is 3. The number of rotatable bonds is 6. The second-order valence-corrected chi connectivity index (χ2v) is 5.62. The Morgan fingerprint density at radius 2 is 1.95 bits per heavy atom. The van der Waals surface area contributed by atoms with Crippen molar-refractivity contribution in [2.24, 2.45) is 0 Å². The van der Waals surface area contributed by atoms with Gasteiger partial charge in [0.15, 0.2) is 0 Å². The average Bonchev–Trinajstić information content (AvgIpc) is 2.49. The molecule has 2 rings (SSSR count). The highest BCUT2D eigenvalue weighted by Crippen LogP contribution is 2.23. The molecule has 1 aromatic carbocycles. The van der Waals surface area contributed by atoms with E-state index in [1.807, 2.05) is 24.4 Å². The SMILES string of the molecule is CCNc1ncccc1CN(C)C(C)c1ccc(Cl)cc1. The molecule has 1 N–H and O–H groups in total. The van der Waals surface area contributed by atoms with Crippen molar-refractivity contribution >= 4 is 17.4 Å². The molecular weight excluding hydrogens is 282 g/mol. The molecule has 1 atom stereocenters. The molecule has 0 saturated heterocycles. The highest BCUT2D eigenvalue weighted by atomic mass is 35.5. The lowest BCUT2D eigenvalue weighted by Gasteiger charge is -2.26. The minimum atomic E-state index is 0.317. The summed E-state index contributed by atoms with van der Waals surface area (Å²) < 4.78 is 0. The highest BCUT2D eigenvalue weighted by molar-refractivity contribution is 6.30. The molecule has 0 saturated carbocycles. The molecule has 0 bridgehead atoms. The van der Waals surface area contributed by atoms with Gasteiger partial charge in [0, 0.05) is 35.9 Å². The number of benzene rings is 1. The Morgan fingerprint density at radius 3 is 2.62 bits per heavy atom. The fraction of sp³-hybridized carbons (Fsp3) is 0.353. The molecule has 0 fully saturated rings. The molecule has 0 aliphatic heterocycles. The molecular formula is C17H22ClN3. The highest BCUT2D eigenvalue weighted by Gasteiger charge is 2.13. The summed E-state index contributed by atoms with van der Waals surface area (Å²) >= 11 is 5.95. The van der Waals surface area contributed by atoms with E-state index in [0.29, 0.717) is 6.04 Å². The summed E-state index contributed by atoms with van der Waals surface area (Å²) in [6, 6.07) is 12.5. The van der Waals surface area contributed by atoms with Gasteiger partial charge in [-0.3, -0.25) is 4.90 Å². The number of nitrogens with one attached hydrogen (secondary N) is 1. The van der Waals surface area contributed by atoms with Gasteiger partial charge in [-0.2, -0.15) is 0 Å². The smallest absolute Gasteiger partial charge is 0.130 e. The number of hydrogen-bond donors (Lipinski definition) is 1. The van der Waals surface area contributed by atoms with Gasteiger partial charge >= 0.3 is 0 Å². The largest absolute Gasteiger partial charge is 0.370 e. The number of nitrogens with zero attached hydrogens (tertiary/aromatic N) is 2.